The summed E-state index contributed by atoms with van der Waals surface area (Å²) in [7, 11) is 1.53. The number of nitrogens with zero attached hydrogens (tertiary/aromatic N) is 1. The third-order valence-electron chi connectivity index (χ3n) is 4.87. The van der Waals surface area contributed by atoms with Crippen LogP contribution in [0.4, 0.5) is 11.4 Å². The van der Waals surface area contributed by atoms with Gasteiger partial charge in [-0.3, -0.25) is 9.59 Å². The van der Waals surface area contributed by atoms with Gasteiger partial charge in [0.15, 0.2) is 23.3 Å². The largest absolute Gasteiger partial charge is 0.493 e. The van der Waals surface area contributed by atoms with Crippen LogP contribution >= 0.6 is 34.4 Å². The summed E-state index contributed by atoms with van der Waals surface area (Å²) in [5, 5.41) is 6.10. The third kappa shape index (κ3) is 6.64. The van der Waals surface area contributed by atoms with Crippen molar-refractivity contribution in [1.29, 1.82) is 0 Å². The van der Waals surface area contributed by atoms with Crippen molar-refractivity contribution in [3.8, 4) is 11.5 Å². The number of benzene rings is 3. The molecule has 35 heavy (non-hydrogen) atoms. The predicted octanol–water partition coefficient (Wildman–Crippen LogP) is 5.52. The zero-order valence-electron chi connectivity index (χ0n) is 19.0. The summed E-state index contributed by atoms with van der Waals surface area (Å²) in [5.74, 6) is 0.434. The van der Waals surface area contributed by atoms with Crippen LogP contribution in [0.5, 0.6) is 11.5 Å². The molecule has 1 saturated heterocycles. The van der Waals surface area contributed by atoms with Crippen molar-refractivity contribution in [3.63, 3.8) is 0 Å². The Hall–Kier alpha value is -3.31. The highest BCUT2D eigenvalue weighted by Gasteiger charge is 2.24. The number of methoxy groups -OCH3 is 1. The van der Waals surface area contributed by atoms with E-state index in [2.05, 4.69) is 38.2 Å². The van der Waals surface area contributed by atoms with Gasteiger partial charge in [0.05, 0.1) is 21.3 Å². The molecule has 1 aliphatic rings. The Morgan fingerprint density at radius 2 is 1.89 bits per heavy atom. The van der Waals surface area contributed by atoms with Crippen LogP contribution in [0.1, 0.15) is 11.1 Å². The summed E-state index contributed by atoms with van der Waals surface area (Å²) in [4.78, 5) is 29.8. The van der Waals surface area contributed by atoms with Gasteiger partial charge < -0.3 is 20.1 Å². The first kappa shape index (κ1) is 24.8. The molecule has 0 unspecified atom stereocenters. The average Bonchev–Trinajstić information content (AvgIpc) is 3.18. The maximum Gasteiger partial charge on any atom is 0.264 e. The van der Waals surface area contributed by atoms with Crippen LogP contribution in [0.15, 0.2) is 76.6 Å². The van der Waals surface area contributed by atoms with Crippen LogP contribution in [0, 0.1) is 10.5 Å². The summed E-state index contributed by atoms with van der Waals surface area (Å²) in [6.07, 6.45) is 1.77. The van der Waals surface area contributed by atoms with E-state index < -0.39 is 0 Å². The normalized spacial score (nSPS) is 15.2. The van der Waals surface area contributed by atoms with Crippen LogP contribution in [0.2, 0.25) is 0 Å². The minimum atomic E-state index is -0.278. The molecule has 3 aromatic rings. The van der Waals surface area contributed by atoms with Crippen molar-refractivity contribution in [3.05, 3.63) is 86.3 Å². The van der Waals surface area contributed by atoms with E-state index in [0.29, 0.717) is 27.3 Å². The predicted molar refractivity (Wildman–Crippen MR) is 148 cm³/mol. The first-order chi connectivity index (χ1) is 16.9. The molecule has 3 aromatic carbocycles. The van der Waals surface area contributed by atoms with Crippen LogP contribution in [-0.4, -0.2) is 30.7 Å². The minimum Gasteiger partial charge on any atom is -0.493 e. The summed E-state index contributed by atoms with van der Waals surface area (Å²) < 4.78 is 12.0. The Labute approximate surface area is 221 Å². The Morgan fingerprint density at radius 3 is 2.60 bits per heavy atom. The number of para-hydroxylation sites is 1. The SMILES string of the molecule is COc1cc(/C=C2/SC(=Nc3ccc(C)cc3)NC2=O)cc(I)c1OCC(=O)Nc1ccccc1. The van der Waals surface area contributed by atoms with Crippen LogP contribution < -0.4 is 20.1 Å². The maximum atomic E-state index is 12.5. The lowest BCUT2D eigenvalue weighted by Crippen LogP contribution is -2.20. The standard InChI is InChI=1S/C26H22IN3O4S/c1-16-8-10-19(11-9-16)29-26-30-25(32)22(35-26)14-17-12-20(27)24(21(13-17)33-2)34-15-23(31)28-18-6-4-3-5-7-18/h3-14H,15H2,1-2H3,(H,28,31)(H,29,30,32)/b22-14+. The number of ether oxygens (including phenoxy) is 2. The maximum absolute atomic E-state index is 12.5. The molecule has 0 saturated carbocycles. The molecule has 0 bridgehead atoms. The number of aryl methyl sites for hydroxylation is 1. The number of rotatable bonds is 7. The fourth-order valence-electron chi connectivity index (χ4n) is 3.19. The van der Waals surface area contributed by atoms with Crippen molar-refractivity contribution in [2.45, 2.75) is 6.92 Å². The van der Waals surface area contributed by atoms with E-state index in [0.717, 1.165) is 20.4 Å². The molecule has 0 aromatic heterocycles. The van der Waals surface area contributed by atoms with Crippen LogP contribution in [0.25, 0.3) is 6.08 Å². The molecule has 9 heteroatoms. The molecule has 1 fully saturated rings. The van der Waals surface area contributed by atoms with Gasteiger partial charge in [-0.15, -0.1) is 0 Å². The molecule has 0 atom stereocenters. The second-order valence-corrected chi connectivity index (χ2v) is 9.75. The number of halogens is 1. The molecule has 2 N–H and O–H groups in total. The Bertz CT molecular complexity index is 1310. The molecule has 4 rings (SSSR count). The highest BCUT2D eigenvalue weighted by molar-refractivity contribution is 14.1. The van der Waals surface area contributed by atoms with Gasteiger partial charge in [-0.2, -0.15) is 0 Å². The lowest BCUT2D eigenvalue weighted by Gasteiger charge is -2.14. The van der Waals surface area contributed by atoms with E-state index in [9.17, 15) is 9.59 Å². The van der Waals surface area contributed by atoms with Gasteiger partial charge in [-0.25, -0.2) is 4.99 Å². The number of anilines is 1. The number of aliphatic imine (C=N–C) groups is 1. The van der Waals surface area contributed by atoms with Gasteiger partial charge in [0.1, 0.15) is 0 Å². The topological polar surface area (TPSA) is 89.0 Å². The molecule has 1 heterocycles. The van der Waals surface area contributed by atoms with Gasteiger partial charge in [-0.1, -0.05) is 35.9 Å². The molecule has 2 amide bonds. The molecular weight excluding hydrogens is 577 g/mol. The number of carbonyl (C=O) groups is 2. The number of hydrogen-bond donors (Lipinski definition) is 2. The quantitative estimate of drug-likeness (QED) is 0.276. The van der Waals surface area contributed by atoms with Crippen molar-refractivity contribution in [2.24, 2.45) is 4.99 Å². The van der Waals surface area contributed by atoms with Crippen molar-refractivity contribution in [1.82, 2.24) is 5.32 Å². The summed E-state index contributed by atoms with van der Waals surface area (Å²) in [6, 6.07) is 20.6. The number of nitrogens with one attached hydrogen (secondary N) is 2. The van der Waals surface area contributed by atoms with Crippen molar-refractivity contribution >= 4 is 68.8 Å². The van der Waals surface area contributed by atoms with Crippen LogP contribution in [0.3, 0.4) is 0 Å². The Kier molecular flexibility index (Phi) is 8.09. The zero-order chi connectivity index (χ0) is 24.8. The number of carbonyl (C=O) groups excluding carboxylic acids is 2. The molecule has 0 spiro atoms. The number of thioether (sulfide) groups is 1. The monoisotopic (exact) mass is 599 g/mol. The van der Waals surface area contributed by atoms with E-state index in [4.69, 9.17) is 9.47 Å². The first-order valence-corrected chi connectivity index (χ1v) is 12.5. The molecule has 0 aliphatic carbocycles. The Morgan fingerprint density at radius 1 is 1.14 bits per heavy atom. The second kappa shape index (κ2) is 11.4. The highest BCUT2D eigenvalue weighted by atomic mass is 127. The second-order valence-electron chi connectivity index (χ2n) is 7.55. The van der Waals surface area contributed by atoms with E-state index in [1.807, 2.05) is 55.5 Å². The summed E-state index contributed by atoms with van der Waals surface area (Å²) in [5.41, 5.74) is 3.38. The number of amidine groups is 1. The molecule has 7 nitrogen and oxygen atoms in total. The average molecular weight is 599 g/mol. The van der Waals surface area contributed by atoms with E-state index in [1.54, 1.807) is 24.3 Å². The first-order valence-electron chi connectivity index (χ1n) is 10.6. The summed E-state index contributed by atoms with van der Waals surface area (Å²) in [6.45, 7) is 1.84. The number of hydrogen-bond acceptors (Lipinski definition) is 6. The Balaban J connectivity index is 1.47. The van der Waals surface area contributed by atoms with Crippen molar-refractivity contribution in [2.75, 3.05) is 19.0 Å². The van der Waals surface area contributed by atoms with Gasteiger partial charge in [0, 0.05) is 5.69 Å². The fourth-order valence-corrected chi connectivity index (χ4v) is 4.81. The lowest BCUT2D eigenvalue weighted by atomic mass is 10.2. The van der Waals surface area contributed by atoms with Gasteiger partial charge >= 0.3 is 0 Å². The zero-order valence-corrected chi connectivity index (χ0v) is 22.0. The van der Waals surface area contributed by atoms with Gasteiger partial charge in [0.2, 0.25) is 0 Å². The molecular formula is C26H22IN3O4S. The van der Waals surface area contributed by atoms with Gasteiger partial charge in [0.25, 0.3) is 11.8 Å². The lowest BCUT2D eigenvalue weighted by molar-refractivity contribution is -0.118. The molecule has 0 radical (unpaired) electrons. The minimum absolute atomic E-state index is 0.168. The number of amides is 2. The fraction of sp³-hybridized carbons (Fsp3) is 0.115. The summed E-state index contributed by atoms with van der Waals surface area (Å²) >= 11 is 3.40. The van der Waals surface area contributed by atoms with Crippen LogP contribution in [-0.2, 0) is 9.59 Å². The van der Waals surface area contributed by atoms with E-state index in [-0.39, 0.29) is 18.4 Å². The highest BCUT2D eigenvalue weighted by Crippen LogP contribution is 2.36. The van der Waals surface area contributed by atoms with Gasteiger partial charge in [-0.05, 0) is 89.3 Å². The molecule has 1 aliphatic heterocycles. The third-order valence-corrected chi connectivity index (χ3v) is 6.58. The van der Waals surface area contributed by atoms with Crippen molar-refractivity contribution < 1.29 is 19.1 Å². The molecule has 178 valence electrons. The smallest absolute Gasteiger partial charge is 0.264 e. The van der Waals surface area contributed by atoms with E-state index in [1.165, 1.54) is 18.9 Å². The van der Waals surface area contributed by atoms with E-state index >= 15 is 0 Å².